The van der Waals surface area contributed by atoms with Crippen LogP contribution in [-0.4, -0.2) is 57.4 Å². The molecule has 36 heavy (non-hydrogen) atoms. The fraction of sp³-hybridized carbons (Fsp3) is 0.583. The molecule has 3 saturated carbocycles. The van der Waals surface area contributed by atoms with Crippen LogP contribution >= 0.6 is 0 Å². The van der Waals surface area contributed by atoms with Gasteiger partial charge in [-0.15, -0.1) is 4.40 Å². The monoisotopic (exact) mass is 534 g/mol. The van der Waals surface area contributed by atoms with E-state index in [0.717, 1.165) is 51.2 Å². The number of sulfonamides is 2. The summed E-state index contributed by atoms with van der Waals surface area (Å²) < 4.78 is 55.6. The zero-order valence-corrected chi connectivity index (χ0v) is 21.6. The maximum Gasteiger partial charge on any atom is 0.286 e. The van der Waals surface area contributed by atoms with Crippen LogP contribution in [0, 0.1) is 23.7 Å². The van der Waals surface area contributed by atoms with E-state index in [-0.39, 0.29) is 57.2 Å². The van der Waals surface area contributed by atoms with E-state index < -0.39 is 20.0 Å². The molecule has 0 unspecified atom stereocenters. The Bertz CT molecular complexity index is 1410. The molecule has 1 amide bonds. The van der Waals surface area contributed by atoms with Gasteiger partial charge in [-0.2, -0.15) is 8.42 Å². The number of hydrogen-bond donors (Lipinski definition) is 3. The van der Waals surface area contributed by atoms with Crippen LogP contribution in [0.1, 0.15) is 44.9 Å². The Labute approximate surface area is 211 Å². The normalized spacial score (nSPS) is 31.2. The van der Waals surface area contributed by atoms with Gasteiger partial charge in [-0.3, -0.25) is 9.52 Å². The second kappa shape index (κ2) is 8.20. The number of nitrogens with one attached hydrogen (secondary N) is 2. The number of nitrogens with zero attached hydrogens (tertiary/aromatic N) is 2. The second-order valence-corrected chi connectivity index (χ2v) is 14.2. The minimum Gasteiger partial charge on any atom is -0.511 e. The molecule has 1 aromatic carbocycles. The zero-order chi connectivity index (χ0) is 25.4. The number of fused-ring (bicyclic) bond motifs is 6. The van der Waals surface area contributed by atoms with E-state index in [9.17, 15) is 26.7 Å². The average molecular weight is 535 g/mol. The lowest BCUT2D eigenvalue weighted by Gasteiger charge is -2.45. The third-order valence-electron chi connectivity index (χ3n) is 8.47. The van der Waals surface area contributed by atoms with Crippen molar-refractivity contribution in [2.24, 2.45) is 28.1 Å². The van der Waals surface area contributed by atoms with E-state index in [1.165, 1.54) is 18.2 Å². The van der Waals surface area contributed by atoms with Crippen LogP contribution in [0.15, 0.2) is 38.8 Å². The second-order valence-electron chi connectivity index (χ2n) is 10.8. The van der Waals surface area contributed by atoms with Gasteiger partial charge in [0, 0.05) is 24.2 Å². The van der Waals surface area contributed by atoms with Crippen LogP contribution in [-0.2, 0) is 24.8 Å². The zero-order valence-electron chi connectivity index (χ0n) is 20.0. The number of aliphatic hydroxyl groups excluding tert-OH is 1. The van der Waals surface area contributed by atoms with Gasteiger partial charge in [-0.1, -0.05) is 12.8 Å². The molecule has 2 bridgehead atoms. The van der Waals surface area contributed by atoms with Crippen LogP contribution in [0.25, 0.3) is 0 Å². The molecule has 5 aliphatic rings. The molecule has 12 heteroatoms. The molecule has 0 radical (unpaired) electrons. The van der Waals surface area contributed by atoms with Crippen molar-refractivity contribution in [1.82, 2.24) is 4.90 Å². The van der Waals surface area contributed by atoms with Crippen molar-refractivity contribution < 1.29 is 26.7 Å². The van der Waals surface area contributed by atoms with Crippen molar-refractivity contribution in [3.8, 4) is 0 Å². The van der Waals surface area contributed by atoms with Crippen molar-refractivity contribution in [3.63, 3.8) is 0 Å². The van der Waals surface area contributed by atoms with Crippen LogP contribution in [0.4, 0.5) is 11.4 Å². The molecule has 194 valence electrons. The average Bonchev–Trinajstić information content (AvgIpc) is 3.54. The Kier molecular flexibility index (Phi) is 5.42. The third-order valence-corrected chi connectivity index (χ3v) is 10.4. The van der Waals surface area contributed by atoms with E-state index in [1.54, 1.807) is 0 Å². The Morgan fingerprint density at radius 1 is 1.17 bits per heavy atom. The molecule has 10 nitrogen and oxygen atoms in total. The number of carbonyl (C=O) groups is 1. The first-order valence-electron chi connectivity index (χ1n) is 12.5. The highest BCUT2D eigenvalue weighted by molar-refractivity contribution is 7.92. The van der Waals surface area contributed by atoms with Gasteiger partial charge < -0.3 is 15.3 Å². The lowest BCUT2D eigenvalue weighted by Crippen LogP contribution is -2.55. The van der Waals surface area contributed by atoms with Gasteiger partial charge in [-0.25, -0.2) is 8.42 Å². The molecule has 3 N–H and O–H groups in total. The van der Waals surface area contributed by atoms with Gasteiger partial charge in [0.1, 0.15) is 16.2 Å². The number of aliphatic hydroxyl groups is 1. The summed E-state index contributed by atoms with van der Waals surface area (Å²) in [6.07, 6.45) is 8.44. The fourth-order valence-electron chi connectivity index (χ4n) is 7.09. The smallest absolute Gasteiger partial charge is 0.286 e. The standard InChI is InChI=1S/C24H30N4O6S2/c1-35(31,32)26-16-8-9-17-18(11-16)36(33,34)27-23(25-17)20-22(29)19-14-6-7-15(10-14)21(19)28(24(20)30)12-13-4-2-3-5-13/h8-9,11,13-15,19,21,26,29H,2-7,10,12H2,1H3,(H,25,27)/t14-,15+,19+,21-/m0/s1. The third kappa shape index (κ3) is 3.89. The topological polar surface area (TPSA) is 145 Å². The molecular weight excluding hydrogens is 504 g/mol. The number of amides is 1. The van der Waals surface area contributed by atoms with Crippen molar-refractivity contribution in [1.29, 1.82) is 0 Å². The van der Waals surface area contributed by atoms with Crippen LogP contribution in [0.2, 0.25) is 0 Å². The van der Waals surface area contributed by atoms with Gasteiger partial charge >= 0.3 is 0 Å². The molecule has 3 fully saturated rings. The van der Waals surface area contributed by atoms with Crippen LogP contribution < -0.4 is 10.0 Å². The first-order valence-corrected chi connectivity index (χ1v) is 15.8. The maximum absolute atomic E-state index is 13.9. The molecule has 2 heterocycles. The SMILES string of the molecule is CS(=O)(=O)Nc1ccc2c(c1)S(=O)(=O)N=C(C1=C(O)[C@@H]3[C@H]4CC[C@H](C4)[C@@H]3N(CC3CCCC3)C1=O)N2. The Morgan fingerprint density at radius 2 is 1.89 bits per heavy atom. The molecule has 2 aliphatic heterocycles. The molecular formula is C24H30N4O6S2. The largest absolute Gasteiger partial charge is 0.511 e. The van der Waals surface area contributed by atoms with Crippen LogP contribution in [0.3, 0.4) is 0 Å². The predicted octanol–water partition coefficient (Wildman–Crippen LogP) is 2.83. The van der Waals surface area contributed by atoms with E-state index in [2.05, 4.69) is 14.4 Å². The quantitative estimate of drug-likeness (QED) is 0.527. The van der Waals surface area contributed by atoms with Crippen molar-refractivity contribution >= 4 is 43.2 Å². The van der Waals surface area contributed by atoms with Gasteiger partial charge in [-0.05, 0) is 68.1 Å². The highest BCUT2D eigenvalue weighted by Gasteiger charge is 2.57. The number of carbonyl (C=O) groups excluding carboxylic acids is 1. The Balaban J connectivity index is 1.39. The number of benzene rings is 1. The van der Waals surface area contributed by atoms with Gasteiger partial charge in [0.2, 0.25) is 10.0 Å². The highest BCUT2D eigenvalue weighted by Crippen LogP contribution is 2.55. The molecule has 0 saturated heterocycles. The van der Waals surface area contributed by atoms with E-state index in [4.69, 9.17) is 0 Å². The number of rotatable bonds is 5. The van der Waals surface area contributed by atoms with Crippen molar-refractivity contribution in [3.05, 3.63) is 29.5 Å². The minimum absolute atomic E-state index is 0.0432. The summed E-state index contributed by atoms with van der Waals surface area (Å²) in [7, 11) is -7.87. The summed E-state index contributed by atoms with van der Waals surface area (Å²) in [4.78, 5) is 15.6. The minimum atomic E-state index is -4.26. The number of anilines is 2. The van der Waals surface area contributed by atoms with Gasteiger partial charge in [0.05, 0.1) is 11.9 Å². The molecule has 3 aliphatic carbocycles. The predicted molar refractivity (Wildman–Crippen MR) is 135 cm³/mol. The van der Waals surface area contributed by atoms with E-state index in [0.29, 0.717) is 18.4 Å². The lowest BCUT2D eigenvalue weighted by molar-refractivity contribution is -0.134. The van der Waals surface area contributed by atoms with Crippen molar-refractivity contribution in [2.75, 3.05) is 22.8 Å². The molecule has 6 rings (SSSR count). The van der Waals surface area contributed by atoms with Crippen molar-refractivity contribution in [2.45, 2.75) is 55.9 Å². The van der Waals surface area contributed by atoms with E-state index in [1.807, 2.05) is 4.90 Å². The number of hydrogen-bond acceptors (Lipinski definition) is 7. The maximum atomic E-state index is 13.9. The molecule has 0 spiro atoms. The Morgan fingerprint density at radius 3 is 2.61 bits per heavy atom. The summed E-state index contributed by atoms with van der Waals surface area (Å²) in [6.45, 7) is 0.622. The lowest BCUT2D eigenvalue weighted by atomic mass is 9.77. The fourth-order valence-corrected chi connectivity index (χ4v) is 8.80. The summed E-state index contributed by atoms with van der Waals surface area (Å²) in [5.74, 6) is 0.252. The molecule has 1 aromatic rings. The highest BCUT2D eigenvalue weighted by atomic mass is 32.2. The Hall–Kier alpha value is -2.60. The molecule has 0 aromatic heterocycles. The summed E-state index contributed by atoms with van der Waals surface area (Å²) in [6, 6.07) is 4.00. The summed E-state index contributed by atoms with van der Waals surface area (Å²) >= 11 is 0. The summed E-state index contributed by atoms with van der Waals surface area (Å²) in [5.41, 5.74) is 0.197. The molecule has 4 atom stereocenters. The number of amidine groups is 1. The van der Waals surface area contributed by atoms with Gasteiger partial charge in [0.15, 0.2) is 5.84 Å². The first kappa shape index (κ1) is 23.8. The van der Waals surface area contributed by atoms with Crippen LogP contribution in [0.5, 0.6) is 0 Å². The van der Waals surface area contributed by atoms with E-state index >= 15 is 0 Å². The summed E-state index contributed by atoms with van der Waals surface area (Å²) in [5, 5.41) is 14.3. The first-order chi connectivity index (χ1) is 17.0. The van der Waals surface area contributed by atoms with Gasteiger partial charge in [0.25, 0.3) is 15.9 Å².